The van der Waals surface area contributed by atoms with Crippen molar-refractivity contribution in [2.24, 2.45) is 5.92 Å². The maximum Gasteiger partial charge on any atom is 0.241 e. The Balaban J connectivity index is 2.12. The van der Waals surface area contributed by atoms with Gasteiger partial charge in [-0.2, -0.15) is 0 Å². The maximum absolute atomic E-state index is 12.3. The number of amides is 1. The van der Waals surface area contributed by atoms with Crippen LogP contribution >= 0.6 is 27.5 Å². The molecule has 1 saturated heterocycles. The summed E-state index contributed by atoms with van der Waals surface area (Å²) in [7, 11) is 0. The lowest BCUT2D eigenvalue weighted by Gasteiger charge is -2.29. The number of carbonyl (C=O) groups excluding carboxylic acids is 1. The average Bonchev–Trinajstić information content (AvgIpc) is 2.36. The van der Waals surface area contributed by atoms with Gasteiger partial charge in [-0.3, -0.25) is 4.79 Å². The van der Waals surface area contributed by atoms with Crippen LogP contribution in [0.1, 0.15) is 25.3 Å². The minimum Gasteiger partial charge on any atom is -0.324 e. The SMILES string of the molecule is Cc1cc(Br)c(NC(=O)C2NCCCC2C)cc1Cl. The third-order valence-electron chi connectivity index (χ3n) is 3.56. The van der Waals surface area contributed by atoms with E-state index in [0.29, 0.717) is 10.9 Å². The summed E-state index contributed by atoms with van der Waals surface area (Å²) in [5.74, 6) is 0.362. The van der Waals surface area contributed by atoms with Crippen LogP contribution in [0.2, 0.25) is 5.02 Å². The van der Waals surface area contributed by atoms with E-state index in [1.165, 1.54) is 0 Å². The Morgan fingerprint density at radius 2 is 2.26 bits per heavy atom. The second-order valence-electron chi connectivity index (χ2n) is 5.12. The summed E-state index contributed by atoms with van der Waals surface area (Å²) < 4.78 is 0.853. The molecule has 1 aromatic carbocycles. The lowest BCUT2D eigenvalue weighted by atomic mass is 9.92. The molecule has 2 atom stereocenters. The van der Waals surface area contributed by atoms with E-state index in [1.807, 2.05) is 13.0 Å². The average molecular weight is 346 g/mol. The molecule has 1 aromatic rings. The minimum atomic E-state index is -0.124. The van der Waals surface area contributed by atoms with Gasteiger partial charge in [0.1, 0.15) is 0 Å². The molecule has 0 bridgehead atoms. The van der Waals surface area contributed by atoms with Gasteiger partial charge in [0.15, 0.2) is 0 Å². The molecular weight excluding hydrogens is 328 g/mol. The fraction of sp³-hybridized carbons (Fsp3) is 0.500. The highest BCUT2D eigenvalue weighted by Gasteiger charge is 2.27. The first kappa shape index (κ1) is 14.8. The molecule has 1 aliphatic rings. The quantitative estimate of drug-likeness (QED) is 0.857. The summed E-state index contributed by atoms with van der Waals surface area (Å²) in [4.78, 5) is 12.3. The molecule has 1 aliphatic heterocycles. The van der Waals surface area contributed by atoms with E-state index < -0.39 is 0 Å². The fourth-order valence-electron chi connectivity index (χ4n) is 2.35. The highest BCUT2D eigenvalue weighted by Crippen LogP contribution is 2.29. The second kappa shape index (κ2) is 6.25. The van der Waals surface area contributed by atoms with Gasteiger partial charge in [0.25, 0.3) is 0 Å². The number of anilines is 1. The van der Waals surface area contributed by atoms with Crippen LogP contribution in [0, 0.1) is 12.8 Å². The van der Waals surface area contributed by atoms with E-state index in [1.54, 1.807) is 6.07 Å². The maximum atomic E-state index is 12.3. The number of benzene rings is 1. The molecule has 0 radical (unpaired) electrons. The van der Waals surface area contributed by atoms with E-state index in [9.17, 15) is 4.79 Å². The van der Waals surface area contributed by atoms with Crippen LogP contribution in [-0.4, -0.2) is 18.5 Å². The minimum absolute atomic E-state index is 0.00724. The Labute approximate surface area is 127 Å². The van der Waals surface area contributed by atoms with Gasteiger partial charge in [0, 0.05) is 9.50 Å². The van der Waals surface area contributed by atoms with Crippen molar-refractivity contribution < 1.29 is 4.79 Å². The van der Waals surface area contributed by atoms with Crippen molar-refractivity contribution in [3.05, 3.63) is 27.2 Å². The monoisotopic (exact) mass is 344 g/mol. The molecule has 1 amide bonds. The van der Waals surface area contributed by atoms with Crippen molar-refractivity contribution in [1.82, 2.24) is 5.32 Å². The van der Waals surface area contributed by atoms with Gasteiger partial charge in [0.05, 0.1) is 11.7 Å². The Bertz CT molecular complexity index is 493. The molecule has 19 heavy (non-hydrogen) atoms. The summed E-state index contributed by atoms with van der Waals surface area (Å²) in [6, 6.07) is 3.57. The van der Waals surface area contributed by atoms with Gasteiger partial charge in [-0.15, -0.1) is 0 Å². The van der Waals surface area contributed by atoms with E-state index >= 15 is 0 Å². The highest BCUT2D eigenvalue weighted by molar-refractivity contribution is 9.10. The van der Waals surface area contributed by atoms with Crippen molar-refractivity contribution in [3.63, 3.8) is 0 Å². The largest absolute Gasteiger partial charge is 0.324 e. The number of carbonyl (C=O) groups is 1. The van der Waals surface area contributed by atoms with Crippen molar-refractivity contribution in [1.29, 1.82) is 0 Å². The van der Waals surface area contributed by atoms with Crippen LogP contribution in [0.4, 0.5) is 5.69 Å². The van der Waals surface area contributed by atoms with Crippen molar-refractivity contribution in [2.75, 3.05) is 11.9 Å². The Morgan fingerprint density at radius 3 is 2.95 bits per heavy atom. The Hall–Kier alpha value is -0.580. The third kappa shape index (κ3) is 3.50. The number of nitrogens with one attached hydrogen (secondary N) is 2. The molecule has 104 valence electrons. The molecule has 5 heteroatoms. The van der Waals surface area contributed by atoms with Crippen molar-refractivity contribution >= 4 is 39.1 Å². The van der Waals surface area contributed by atoms with Crippen LogP contribution in [0.25, 0.3) is 0 Å². The van der Waals surface area contributed by atoms with E-state index in [2.05, 4.69) is 33.5 Å². The van der Waals surface area contributed by atoms with Crippen LogP contribution in [0.3, 0.4) is 0 Å². The van der Waals surface area contributed by atoms with E-state index in [-0.39, 0.29) is 11.9 Å². The molecular formula is C14H18BrClN2O. The van der Waals surface area contributed by atoms with Gasteiger partial charge in [0.2, 0.25) is 5.91 Å². The summed E-state index contributed by atoms with van der Waals surface area (Å²) in [6.45, 7) is 4.94. The molecule has 3 nitrogen and oxygen atoms in total. The fourth-order valence-corrected chi connectivity index (χ4v) is 3.07. The summed E-state index contributed by atoms with van der Waals surface area (Å²) >= 11 is 9.55. The molecule has 0 spiro atoms. The number of hydrogen-bond donors (Lipinski definition) is 2. The van der Waals surface area contributed by atoms with Crippen LogP contribution in [-0.2, 0) is 4.79 Å². The third-order valence-corrected chi connectivity index (χ3v) is 4.62. The summed E-state index contributed by atoms with van der Waals surface area (Å²) in [5.41, 5.74) is 1.70. The lowest BCUT2D eigenvalue weighted by molar-refractivity contribution is -0.119. The zero-order chi connectivity index (χ0) is 14.0. The molecule has 2 rings (SSSR count). The lowest BCUT2D eigenvalue weighted by Crippen LogP contribution is -2.48. The molecule has 0 aromatic heterocycles. The first-order valence-electron chi connectivity index (χ1n) is 6.49. The number of halogens is 2. The van der Waals surface area contributed by atoms with Gasteiger partial charge in [-0.05, 0) is 65.9 Å². The smallest absolute Gasteiger partial charge is 0.241 e. The molecule has 1 fully saturated rings. The van der Waals surface area contributed by atoms with Gasteiger partial charge in [-0.25, -0.2) is 0 Å². The van der Waals surface area contributed by atoms with Crippen LogP contribution < -0.4 is 10.6 Å². The van der Waals surface area contributed by atoms with Gasteiger partial charge in [-0.1, -0.05) is 18.5 Å². The highest BCUT2D eigenvalue weighted by atomic mass is 79.9. The second-order valence-corrected chi connectivity index (χ2v) is 6.38. The zero-order valence-corrected chi connectivity index (χ0v) is 13.4. The predicted molar refractivity (Wildman–Crippen MR) is 82.7 cm³/mol. The van der Waals surface area contributed by atoms with Crippen molar-refractivity contribution in [2.45, 2.75) is 32.7 Å². The Morgan fingerprint density at radius 1 is 1.53 bits per heavy atom. The number of piperidine rings is 1. The van der Waals surface area contributed by atoms with Crippen LogP contribution in [0.5, 0.6) is 0 Å². The summed E-state index contributed by atoms with van der Waals surface area (Å²) in [5, 5.41) is 6.88. The van der Waals surface area contributed by atoms with Gasteiger partial charge < -0.3 is 10.6 Å². The number of rotatable bonds is 2. The molecule has 2 N–H and O–H groups in total. The molecule has 0 aliphatic carbocycles. The number of aryl methyl sites for hydroxylation is 1. The predicted octanol–water partition coefficient (Wildman–Crippen LogP) is 3.74. The van der Waals surface area contributed by atoms with Crippen molar-refractivity contribution in [3.8, 4) is 0 Å². The normalized spacial score (nSPS) is 23.2. The van der Waals surface area contributed by atoms with E-state index in [4.69, 9.17) is 11.6 Å². The first-order chi connectivity index (χ1) is 8.99. The Kier molecular flexibility index (Phi) is 4.87. The topological polar surface area (TPSA) is 41.1 Å². The standard InChI is InChI=1S/C14H18BrClN2O/c1-8-4-3-5-17-13(8)14(19)18-12-7-11(16)9(2)6-10(12)15/h6-8,13,17H,3-5H2,1-2H3,(H,18,19). The first-order valence-corrected chi connectivity index (χ1v) is 7.66. The number of hydrogen-bond acceptors (Lipinski definition) is 2. The molecule has 1 heterocycles. The van der Waals surface area contributed by atoms with Crippen LogP contribution in [0.15, 0.2) is 16.6 Å². The zero-order valence-electron chi connectivity index (χ0n) is 11.1. The van der Waals surface area contributed by atoms with Gasteiger partial charge >= 0.3 is 0 Å². The van der Waals surface area contributed by atoms with E-state index in [0.717, 1.165) is 35.1 Å². The molecule has 2 unspecified atom stereocenters. The molecule has 0 saturated carbocycles. The summed E-state index contributed by atoms with van der Waals surface area (Å²) in [6.07, 6.45) is 2.21.